The lowest BCUT2D eigenvalue weighted by Crippen LogP contribution is -2.49. The van der Waals surface area contributed by atoms with Crippen molar-refractivity contribution in [1.82, 2.24) is 9.80 Å². The van der Waals surface area contributed by atoms with Gasteiger partial charge in [0.15, 0.2) is 6.29 Å². The van der Waals surface area contributed by atoms with E-state index in [-0.39, 0.29) is 30.6 Å². The molecule has 0 aliphatic carbocycles. The molecule has 7 rings (SSSR count). The van der Waals surface area contributed by atoms with Crippen molar-refractivity contribution in [3.05, 3.63) is 137 Å². The summed E-state index contributed by atoms with van der Waals surface area (Å²) in [6.45, 7) is 5.73. The minimum absolute atomic E-state index is 0.00410. The van der Waals surface area contributed by atoms with Gasteiger partial charge in [-0.25, -0.2) is 4.90 Å². The maximum atomic E-state index is 13.0. The summed E-state index contributed by atoms with van der Waals surface area (Å²) >= 11 is 0. The molecule has 2 fully saturated rings. The minimum atomic E-state index is -0.609. The van der Waals surface area contributed by atoms with Gasteiger partial charge in [-0.3, -0.25) is 19.4 Å². The highest BCUT2D eigenvalue weighted by molar-refractivity contribution is 6.34. The number of fused-ring (bicyclic) bond motifs is 1. The van der Waals surface area contributed by atoms with E-state index in [0.29, 0.717) is 23.2 Å². The van der Waals surface area contributed by atoms with E-state index in [2.05, 4.69) is 40.1 Å². The van der Waals surface area contributed by atoms with Gasteiger partial charge >= 0.3 is 0 Å². The number of hydrogen-bond donors (Lipinski definition) is 1. The first-order valence-electron chi connectivity index (χ1n) is 15.6. The number of benzene rings is 4. The van der Waals surface area contributed by atoms with E-state index in [4.69, 9.17) is 9.47 Å². The topological polar surface area (TPSA) is 82.6 Å². The van der Waals surface area contributed by atoms with Gasteiger partial charge in [-0.05, 0) is 41.0 Å². The molecule has 3 heterocycles. The Morgan fingerprint density at radius 1 is 0.644 bits per heavy atom. The number of amides is 2. The van der Waals surface area contributed by atoms with Gasteiger partial charge in [-0.15, -0.1) is 0 Å². The lowest BCUT2D eigenvalue weighted by atomic mass is 9.99. The van der Waals surface area contributed by atoms with Crippen LogP contribution in [-0.2, 0) is 22.6 Å². The number of ether oxygens (including phenoxy) is 2. The van der Waals surface area contributed by atoms with E-state index in [1.165, 1.54) is 10.5 Å². The van der Waals surface area contributed by atoms with Gasteiger partial charge < -0.3 is 14.6 Å². The highest BCUT2D eigenvalue weighted by Gasteiger charge is 2.37. The Labute approximate surface area is 263 Å². The van der Waals surface area contributed by atoms with Crippen LogP contribution in [0.4, 0.5) is 5.69 Å². The molecule has 8 heteroatoms. The fourth-order valence-corrected chi connectivity index (χ4v) is 6.50. The van der Waals surface area contributed by atoms with Crippen molar-refractivity contribution in [2.45, 2.75) is 38.1 Å². The predicted octanol–water partition coefficient (Wildman–Crippen LogP) is 5.34. The quantitative estimate of drug-likeness (QED) is 0.272. The van der Waals surface area contributed by atoms with Crippen LogP contribution in [0.2, 0.25) is 0 Å². The van der Waals surface area contributed by atoms with Crippen LogP contribution in [0.1, 0.15) is 61.8 Å². The smallest absolute Gasteiger partial charge is 0.266 e. The third-order valence-electron chi connectivity index (χ3n) is 9.01. The number of hydrogen-bond acceptors (Lipinski definition) is 7. The highest BCUT2D eigenvalue weighted by Crippen LogP contribution is 2.39. The first kappa shape index (κ1) is 29.5. The van der Waals surface area contributed by atoms with Crippen molar-refractivity contribution >= 4 is 17.5 Å². The molecular weight excluding hydrogens is 566 g/mol. The van der Waals surface area contributed by atoms with Crippen molar-refractivity contribution in [1.29, 1.82) is 0 Å². The number of nitrogens with zero attached hydrogens (tertiary/aromatic N) is 3. The molecule has 2 saturated heterocycles. The molecule has 0 spiro atoms. The summed E-state index contributed by atoms with van der Waals surface area (Å²) in [5, 5.41) is 9.53. The van der Waals surface area contributed by atoms with Gasteiger partial charge in [0.25, 0.3) is 11.8 Å². The molecule has 0 aromatic heterocycles. The number of imide groups is 1. The van der Waals surface area contributed by atoms with Crippen molar-refractivity contribution < 1.29 is 24.2 Å². The van der Waals surface area contributed by atoms with Crippen LogP contribution < -0.4 is 4.90 Å². The first-order chi connectivity index (χ1) is 22.1. The van der Waals surface area contributed by atoms with Crippen molar-refractivity contribution in [2.75, 3.05) is 37.6 Å². The Balaban J connectivity index is 1.05. The van der Waals surface area contributed by atoms with E-state index in [1.807, 2.05) is 36.4 Å². The van der Waals surface area contributed by atoms with E-state index in [9.17, 15) is 14.7 Å². The number of piperazine rings is 1. The average molecular weight is 604 g/mol. The largest absolute Gasteiger partial charge is 0.392 e. The third kappa shape index (κ3) is 6.33. The summed E-state index contributed by atoms with van der Waals surface area (Å²) in [4.78, 5) is 32.2. The molecule has 4 aromatic rings. The number of aliphatic hydroxyl groups is 1. The van der Waals surface area contributed by atoms with Crippen LogP contribution in [0.3, 0.4) is 0 Å². The Bertz CT molecular complexity index is 1600. The van der Waals surface area contributed by atoms with E-state index < -0.39 is 6.29 Å². The van der Waals surface area contributed by atoms with Gasteiger partial charge in [-0.1, -0.05) is 78.9 Å². The molecule has 45 heavy (non-hydrogen) atoms. The van der Waals surface area contributed by atoms with E-state index in [0.717, 1.165) is 56.0 Å². The Morgan fingerprint density at radius 3 is 1.89 bits per heavy atom. The molecule has 8 nitrogen and oxygen atoms in total. The maximum Gasteiger partial charge on any atom is 0.266 e. The Kier molecular flexibility index (Phi) is 8.56. The van der Waals surface area contributed by atoms with Gasteiger partial charge in [0.2, 0.25) is 0 Å². The van der Waals surface area contributed by atoms with Crippen LogP contribution in [0, 0.1) is 0 Å². The summed E-state index contributed by atoms with van der Waals surface area (Å²) in [5.74, 6) is -0.632. The second-order valence-corrected chi connectivity index (χ2v) is 12.0. The molecular formula is C37H37N3O5. The van der Waals surface area contributed by atoms with Crippen LogP contribution in [0.15, 0.2) is 103 Å². The van der Waals surface area contributed by atoms with Crippen molar-refractivity contribution in [3.63, 3.8) is 0 Å². The summed E-state index contributed by atoms with van der Waals surface area (Å²) in [6.07, 6.45) is -0.131. The molecule has 0 unspecified atom stereocenters. The van der Waals surface area contributed by atoms with Crippen molar-refractivity contribution in [3.8, 4) is 0 Å². The normalized spacial score (nSPS) is 22.5. The Hall–Kier alpha value is -4.18. The van der Waals surface area contributed by atoms with Gasteiger partial charge in [-0.2, -0.15) is 0 Å². The van der Waals surface area contributed by atoms with Crippen LogP contribution >= 0.6 is 0 Å². The third-order valence-corrected chi connectivity index (χ3v) is 9.01. The van der Waals surface area contributed by atoms with Crippen LogP contribution in [0.5, 0.6) is 0 Å². The number of rotatable bonds is 8. The lowest BCUT2D eigenvalue weighted by molar-refractivity contribution is -0.253. The number of aliphatic hydroxyl groups excluding tert-OH is 1. The monoisotopic (exact) mass is 603 g/mol. The fourth-order valence-electron chi connectivity index (χ4n) is 6.50. The molecule has 230 valence electrons. The average Bonchev–Trinajstić information content (AvgIpc) is 3.35. The van der Waals surface area contributed by atoms with Crippen LogP contribution in [-0.4, -0.2) is 65.5 Å². The SMILES string of the molecule is O=C1c2ccccc2C(=O)N1c1ccc([C@H]2O[C@@H](CN3CCN(Cc4ccccc4)CC3)C[C@@H](c3ccc(CO)cc3)O2)cc1. The zero-order chi connectivity index (χ0) is 30.8. The molecule has 0 saturated carbocycles. The number of carbonyl (C=O) groups excluding carboxylic acids is 2. The summed E-state index contributed by atoms with van der Waals surface area (Å²) in [5.41, 5.74) is 5.42. The lowest BCUT2D eigenvalue weighted by Gasteiger charge is -2.40. The fraction of sp³-hybridized carbons (Fsp3) is 0.297. The molecule has 3 aliphatic heterocycles. The molecule has 0 bridgehead atoms. The van der Waals surface area contributed by atoms with Crippen LogP contribution in [0.25, 0.3) is 0 Å². The molecule has 0 radical (unpaired) electrons. The molecule has 1 N–H and O–H groups in total. The molecule has 3 atom stereocenters. The Morgan fingerprint density at radius 2 is 1.24 bits per heavy atom. The first-order valence-corrected chi connectivity index (χ1v) is 15.6. The van der Waals surface area contributed by atoms with Gasteiger partial charge in [0.1, 0.15) is 0 Å². The molecule has 4 aromatic carbocycles. The predicted molar refractivity (Wildman–Crippen MR) is 171 cm³/mol. The van der Waals surface area contributed by atoms with Gasteiger partial charge in [0, 0.05) is 51.3 Å². The zero-order valence-electron chi connectivity index (χ0n) is 25.1. The summed E-state index contributed by atoms with van der Waals surface area (Å²) in [7, 11) is 0. The summed E-state index contributed by atoms with van der Waals surface area (Å²) < 4.78 is 13.1. The van der Waals surface area contributed by atoms with Gasteiger partial charge in [0.05, 0.1) is 35.6 Å². The maximum absolute atomic E-state index is 13.0. The summed E-state index contributed by atoms with van der Waals surface area (Å²) in [6, 6.07) is 32.7. The second kappa shape index (κ2) is 13.0. The number of anilines is 1. The standard InChI is InChI=1S/C37H37N3O5/c41-25-27-10-12-28(13-11-27)34-22-31(24-39-20-18-38(19-21-39)23-26-6-2-1-3-7-26)44-37(45-34)29-14-16-30(17-15-29)40-35(42)32-8-4-5-9-33(32)36(40)43/h1-17,31,34,37,41H,18-25H2/t31-,34+,37+/m1/s1. The van der Waals surface area contributed by atoms with E-state index in [1.54, 1.807) is 36.4 Å². The van der Waals surface area contributed by atoms with E-state index >= 15 is 0 Å². The highest BCUT2D eigenvalue weighted by atomic mass is 16.7. The molecule has 2 amide bonds. The van der Waals surface area contributed by atoms with Crippen molar-refractivity contribution in [2.24, 2.45) is 0 Å². The number of carbonyl (C=O) groups is 2. The minimum Gasteiger partial charge on any atom is -0.392 e. The molecule has 3 aliphatic rings. The second-order valence-electron chi connectivity index (χ2n) is 12.0. The zero-order valence-corrected chi connectivity index (χ0v) is 25.1.